The van der Waals surface area contributed by atoms with Crippen molar-refractivity contribution in [3.8, 4) is 0 Å². The van der Waals surface area contributed by atoms with Gasteiger partial charge < -0.3 is 0 Å². The van der Waals surface area contributed by atoms with Gasteiger partial charge >= 0.3 is 0 Å². The van der Waals surface area contributed by atoms with E-state index in [9.17, 15) is 14.0 Å². The minimum Gasteiger partial charge on any atom is -0.274 e. The van der Waals surface area contributed by atoms with Gasteiger partial charge in [0.1, 0.15) is 11.3 Å². The molecule has 6 nitrogen and oxygen atoms in total. The van der Waals surface area contributed by atoms with Gasteiger partial charge in [-0.3, -0.25) is 24.0 Å². The molecule has 0 unspecified atom stereocenters. The highest BCUT2D eigenvalue weighted by atomic mass is 32.1. The quantitative estimate of drug-likeness (QED) is 0.478. The summed E-state index contributed by atoms with van der Waals surface area (Å²) in [5.74, 6) is -1.10. The second kappa shape index (κ2) is 10.5. The summed E-state index contributed by atoms with van der Waals surface area (Å²) < 4.78 is 15.8. The molecule has 0 saturated heterocycles. The number of benzene rings is 1. The topological polar surface area (TPSA) is 67.6 Å². The average molecular weight is 465 g/mol. The van der Waals surface area contributed by atoms with E-state index in [-0.39, 0.29) is 23.5 Å². The first kappa shape index (κ1) is 22.8. The van der Waals surface area contributed by atoms with Crippen molar-refractivity contribution >= 4 is 40.0 Å². The number of rotatable bonds is 5. The van der Waals surface area contributed by atoms with Crippen LogP contribution in [0.2, 0.25) is 0 Å². The summed E-state index contributed by atoms with van der Waals surface area (Å²) in [6.07, 6.45) is 10.4. The molecule has 0 aliphatic heterocycles. The van der Waals surface area contributed by atoms with Crippen molar-refractivity contribution in [1.29, 1.82) is 0 Å². The number of anilines is 2. The molecule has 1 fully saturated rings. The second-order valence-corrected chi connectivity index (χ2v) is 8.72. The number of aromatic nitrogens is 2. The standard InChI is InChI=1S/C25H25FN4O2S/c1-18(31)30(22-12-6-5-11-21(22)26)25-28-20(17-33-25)14-15-24(32)29-16-8-7-13-23(29)27-19-9-3-2-4-10-19/h5-8,11-17,19H,2-4,9-10H2,1H3/b15-14+,27-23?. The van der Waals surface area contributed by atoms with Crippen molar-refractivity contribution in [2.24, 2.45) is 4.99 Å². The van der Waals surface area contributed by atoms with E-state index in [1.807, 2.05) is 12.1 Å². The fraction of sp³-hybridized carbons (Fsp3) is 0.280. The number of nitrogens with zero attached hydrogens (tertiary/aromatic N) is 4. The third-order valence-corrected chi connectivity index (χ3v) is 6.32. The highest BCUT2D eigenvalue weighted by molar-refractivity contribution is 7.14. The summed E-state index contributed by atoms with van der Waals surface area (Å²) >= 11 is 1.20. The first-order chi connectivity index (χ1) is 16.0. The van der Waals surface area contributed by atoms with Crippen LogP contribution in [0.3, 0.4) is 0 Å². The summed E-state index contributed by atoms with van der Waals surface area (Å²) in [6.45, 7) is 1.36. The predicted molar refractivity (Wildman–Crippen MR) is 128 cm³/mol. The minimum absolute atomic E-state index is 0.139. The molecule has 8 heteroatoms. The molecule has 2 aromatic heterocycles. The van der Waals surface area contributed by atoms with E-state index < -0.39 is 5.82 Å². The summed E-state index contributed by atoms with van der Waals surface area (Å²) in [5.41, 5.74) is 1.29. The van der Waals surface area contributed by atoms with Crippen LogP contribution in [0.4, 0.5) is 15.2 Å². The maximum Gasteiger partial charge on any atom is 0.256 e. The molecule has 1 amide bonds. The zero-order valence-corrected chi connectivity index (χ0v) is 19.2. The van der Waals surface area contributed by atoms with Crippen molar-refractivity contribution in [2.75, 3.05) is 4.90 Å². The monoisotopic (exact) mass is 464 g/mol. The first-order valence-electron chi connectivity index (χ1n) is 11.0. The summed E-state index contributed by atoms with van der Waals surface area (Å²) in [5, 5.41) is 2.05. The molecule has 0 spiro atoms. The Balaban J connectivity index is 1.55. The molecule has 3 aromatic rings. The van der Waals surface area contributed by atoms with Crippen molar-refractivity contribution in [1.82, 2.24) is 9.55 Å². The smallest absolute Gasteiger partial charge is 0.256 e. The Hall–Kier alpha value is -3.39. The zero-order chi connectivity index (χ0) is 23.2. The lowest BCUT2D eigenvalue weighted by molar-refractivity contribution is -0.115. The molecule has 0 radical (unpaired) electrons. The van der Waals surface area contributed by atoms with Gasteiger partial charge in [0.25, 0.3) is 5.91 Å². The highest BCUT2D eigenvalue weighted by Gasteiger charge is 2.20. The van der Waals surface area contributed by atoms with Crippen molar-refractivity contribution in [2.45, 2.75) is 45.1 Å². The Morgan fingerprint density at radius 3 is 2.67 bits per heavy atom. The van der Waals surface area contributed by atoms with Crippen LogP contribution >= 0.6 is 11.3 Å². The highest BCUT2D eigenvalue weighted by Crippen LogP contribution is 2.31. The third-order valence-electron chi connectivity index (χ3n) is 5.47. The lowest BCUT2D eigenvalue weighted by Gasteiger charge is -2.18. The van der Waals surface area contributed by atoms with E-state index in [0.29, 0.717) is 16.3 Å². The number of carbonyl (C=O) groups is 2. The number of carbonyl (C=O) groups excluding carboxylic acids is 2. The Labute approximate surface area is 195 Å². The van der Waals surface area contributed by atoms with E-state index in [1.54, 1.807) is 35.9 Å². The van der Waals surface area contributed by atoms with Crippen molar-refractivity contribution < 1.29 is 14.0 Å². The molecule has 1 aromatic carbocycles. The molecule has 0 atom stereocenters. The number of amides is 1. The first-order valence-corrected chi connectivity index (χ1v) is 11.9. The number of para-hydroxylation sites is 1. The van der Waals surface area contributed by atoms with Gasteiger partial charge in [-0.15, -0.1) is 11.3 Å². The predicted octanol–water partition coefficient (Wildman–Crippen LogP) is 5.36. The molecule has 1 saturated carbocycles. The van der Waals surface area contributed by atoms with Gasteiger partial charge in [0, 0.05) is 24.6 Å². The molecule has 0 bridgehead atoms. The molecule has 170 valence electrons. The van der Waals surface area contributed by atoms with Crippen LogP contribution < -0.4 is 10.4 Å². The van der Waals surface area contributed by atoms with Crippen LogP contribution in [0, 0.1) is 5.82 Å². The van der Waals surface area contributed by atoms with E-state index in [1.165, 1.54) is 65.2 Å². The van der Waals surface area contributed by atoms with E-state index in [4.69, 9.17) is 4.99 Å². The zero-order valence-electron chi connectivity index (χ0n) is 18.4. The normalized spacial score (nSPS) is 15.2. The van der Waals surface area contributed by atoms with Crippen molar-refractivity contribution in [3.63, 3.8) is 0 Å². The van der Waals surface area contributed by atoms with Crippen LogP contribution in [0.15, 0.2) is 65.1 Å². The Morgan fingerprint density at radius 2 is 1.91 bits per heavy atom. The molecule has 33 heavy (non-hydrogen) atoms. The lowest BCUT2D eigenvalue weighted by Crippen LogP contribution is -2.27. The maximum atomic E-state index is 14.3. The molecule has 1 aliphatic carbocycles. The number of hydrogen-bond donors (Lipinski definition) is 0. The van der Waals surface area contributed by atoms with Crippen LogP contribution in [0.1, 0.15) is 49.5 Å². The Bertz CT molecular complexity index is 1240. The third kappa shape index (κ3) is 5.51. The van der Waals surface area contributed by atoms with Crippen molar-refractivity contribution in [3.05, 3.63) is 77.1 Å². The largest absolute Gasteiger partial charge is 0.274 e. The minimum atomic E-state index is -0.509. The molecule has 0 N–H and O–H groups in total. The van der Waals surface area contributed by atoms with E-state index >= 15 is 0 Å². The van der Waals surface area contributed by atoms with E-state index in [0.717, 1.165) is 12.8 Å². The Kier molecular flexibility index (Phi) is 7.24. The SMILES string of the molecule is CC(=O)N(c1nc(/C=C/C(=O)n2ccccc2=NC2CCCCC2)cs1)c1ccccc1F. The van der Waals surface area contributed by atoms with Gasteiger partial charge in [0.15, 0.2) is 5.13 Å². The van der Waals surface area contributed by atoms with E-state index in [2.05, 4.69) is 4.98 Å². The van der Waals surface area contributed by atoms with Gasteiger partial charge in [-0.25, -0.2) is 9.37 Å². The molecule has 1 aliphatic rings. The summed E-state index contributed by atoms with van der Waals surface area (Å²) in [7, 11) is 0. The lowest BCUT2D eigenvalue weighted by atomic mass is 9.96. The second-order valence-electron chi connectivity index (χ2n) is 7.88. The summed E-state index contributed by atoms with van der Waals surface area (Å²) in [4.78, 5) is 35.5. The molecular weight excluding hydrogens is 439 g/mol. The van der Waals surface area contributed by atoms with Crippen LogP contribution in [-0.2, 0) is 4.79 Å². The van der Waals surface area contributed by atoms with Gasteiger partial charge in [-0.05, 0) is 43.2 Å². The van der Waals surface area contributed by atoms with Gasteiger partial charge in [0.2, 0.25) is 5.91 Å². The van der Waals surface area contributed by atoms with Gasteiger partial charge in [0.05, 0.1) is 17.4 Å². The fourth-order valence-electron chi connectivity index (χ4n) is 3.86. The molecule has 2 heterocycles. The number of allylic oxidation sites excluding steroid dienone is 1. The summed E-state index contributed by atoms with van der Waals surface area (Å²) in [6, 6.07) is 11.8. The fourth-order valence-corrected chi connectivity index (χ4v) is 4.70. The van der Waals surface area contributed by atoms with Gasteiger partial charge in [-0.1, -0.05) is 37.5 Å². The maximum absolute atomic E-state index is 14.3. The Morgan fingerprint density at radius 1 is 1.15 bits per heavy atom. The van der Waals surface area contributed by atoms with Crippen LogP contribution in [0.25, 0.3) is 6.08 Å². The van der Waals surface area contributed by atoms with Gasteiger partial charge in [-0.2, -0.15) is 0 Å². The average Bonchev–Trinajstić information content (AvgIpc) is 3.28. The number of pyridine rings is 1. The molecular formula is C25H25FN4O2S. The number of thiazole rings is 1. The van der Waals surface area contributed by atoms with Crippen LogP contribution in [0.5, 0.6) is 0 Å². The number of halogens is 1. The molecule has 4 rings (SSSR count). The number of hydrogen-bond acceptors (Lipinski definition) is 5. The van der Waals surface area contributed by atoms with Crippen LogP contribution in [-0.4, -0.2) is 27.4 Å².